The number of ether oxygens (including phenoxy) is 2. The summed E-state index contributed by atoms with van der Waals surface area (Å²) < 4.78 is 10.5. The lowest BCUT2D eigenvalue weighted by Gasteiger charge is -2.41. The number of nitrogens with zero attached hydrogens (tertiary/aromatic N) is 1. The first kappa shape index (κ1) is 15.9. The van der Waals surface area contributed by atoms with E-state index in [1.165, 1.54) is 25.9 Å². The topological polar surface area (TPSA) is 21.7 Å². The highest BCUT2D eigenvalue weighted by Crippen LogP contribution is 2.18. The molecule has 2 heterocycles. The zero-order chi connectivity index (χ0) is 12.4. The lowest BCUT2D eigenvalue weighted by Crippen LogP contribution is -2.52. The molecule has 0 aromatic carbocycles. The van der Waals surface area contributed by atoms with Crippen LogP contribution in [0.4, 0.5) is 0 Å². The minimum Gasteiger partial charge on any atom is -0.381 e. The minimum atomic E-state index is 0.502. The van der Waals surface area contributed by atoms with Crippen LogP contribution in [0.2, 0.25) is 0 Å². The lowest BCUT2D eigenvalue weighted by molar-refractivity contribution is -0.0827. The first-order valence-corrected chi connectivity index (χ1v) is 6.74. The molecule has 0 N–H and O–H groups in total. The number of hydrogen-bond donors (Lipinski definition) is 0. The Bertz CT molecular complexity index is 141. The van der Waals surface area contributed by atoms with Crippen LogP contribution in [0.15, 0.2) is 0 Å². The molecule has 0 unspecified atom stereocenters. The van der Waals surface area contributed by atoms with Crippen LogP contribution in [0.1, 0.15) is 40.5 Å². The Morgan fingerprint density at radius 3 is 1.81 bits per heavy atom. The van der Waals surface area contributed by atoms with E-state index in [0.717, 1.165) is 13.2 Å². The van der Waals surface area contributed by atoms with Crippen molar-refractivity contribution in [3.63, 3.8) is 0 Å². The predicted octanol–water partition coefficient (Wildman–Crippen LogP) is 2.55. The molecule has 0 saturated carbocycles. The van der Waals surface area contributed by atoms with Gasteiger partial charge in [-0.1, -0.05) is 27.7 Å². The Labute approximate surface area is 101 Å². The molecule has 0 atom stereocenters. The monoisotopic (exact) mass is 231 g/mol. The zero-order valence-electron chi connectivity index (χ0n) is 11.7. The molecule has 0 aromatic rings. The van der Waals surface area contributed by atoms with Crippen molar-refractivity contribution in [2.45, 2.75) is 52.7 Å². The Hall–Kier alpha value is -0.120. The van der Waals surface area contributed by atoms with E-state index >= 15 is 0 Å². The summed E-state index contributed by atoms with van der Waals surface area (Å²) in [6.45, 7) is 12.3. The Morgan fingerprint density at radius 1 is 1.00 bits per heavy atom. The van der Waals surface area contributed by atoms with E-state index in [2.05, 4.69) is 4.90 Å². The van der Waals surface area contributed by atoms with Gasteiger partial charge in [0.1, 0.15) is 0 Å². The quantitative estimate of drug-likeness (QED) is 0.729. The molecule has 0 spiro atoms. The first-order chi connectivity index (χ1) is 7.90. The minimum absolute atomic E-state index is 0.502. The average Bonchev–Trinajstić information content (AvgIpc) is 2.33. The molecule has 16 heavy (non-hydrogen) atoms. The largest absolute Gasteiger partial charge is 0.381 e. The Balaban J connectivity index is 0.000000509. The van der Waals surface area contributed by atoms with Crippen LogP contribution in [0.25, 0.3) is 0 Å². The van der Waals surface area contributed by atoms with E-state index in [1.54, 1.807) is 0 Å². The SMILES string of the molecule is CC.CC.COC1CCN(C2COC2)CC1. The van der Waals surface area contributed by atoms with Gasteiger partial charge in [0.2, 0.25) is 0 Å². The highest BCUT2D eigenvalue weighted by Gasteiger charge is 2.29. The van der Waals surface area contributed by atoms with Gasteiger partial charge >= 0.3 is 0 Å². The molecule has 2 aliphatic heterocycles. The number of likely N-dealkylation sites (tertiary alicyclic amines) is 1. The van der Waals surface area contributed by atoms with Gasteiger partial charge in [-0.2, -0.15) is 0 Å². The molecule has 0 aromatic heterocycles. The summed E-state index contributed by atoms with van der Waals surface area (Å²) in [6.07, 6.45) is 2.88. The van der Waals surface area contributed by atoms with Gasteiger partial charge in [0.25, 0.3) is 0 Å². The maximum Gasteiger partial charge on any atom is 0.0645 e. The van der Waals surface area contributed by atoms with Crippen LogP contribution < -0.4 is 0 Å². The van der Waals surface area contributed by atoms with E-state index in [0.29, 0.717) is 12.1 Å². The maximum atomic E-state index is 5.31. The van der Waals surface area contributed by atoms with Crippen LogP contribution in [0, 0.1) is 0 Å². The molecular formula is C13H29NO2. The van der Waals surface area contributed by atoms with E-state index < -0.39 is 0 Å². The van der Waals surface area contributed by atoms with E-state index in [1.807, 2.05) is 34.8 Å². The van der Waals surface area contributed by atoms with E-state index in [9.17, 15) is 0 Å². The predicted molar refractivity (Wildman–Crippen MR) is 68.9 cm³/mol. The molecule has 2 aliphatic rings. The first-order valence-electron chi connectivity index (χ1n) is 6.74. The molecule has 3 nitrogen and oxygen atoms in total. The third-order valence-electron chi connectivity index (χ3n) is 2.95. The molecule has 2 rings (SSSR count). The van der Waals surface area contributed by atoms with Gasteiger partial charge in [-0.15, -0.1) is 0 Å². The molecule has 98 valence electrons. The second-order valence-electron chi connectivity index (χ2n) is 3.66. The van der Waals surface area contributed by atoms with Gasteiger partial charge in [0, 0.05) is 20.2 Å². The molecule has 0 radical (unpaired) electrons. The molecule has 0 aliphatic carbocycles. The Kier molecular flexibility index (Phi) is 9.99. The third-order valence-corrected chi connectivity index (χ3v) is 2.95. The smallest absolute Gasteiger partial charge is 0.0645 e. The number of methoxy groups -OCH3 is 1. The summed E-state index contributed by atoms with van der Waals surface area (Å²) in [5.74, 6) is 0. The fraction of sp³-hybridized carbons (Fsp3) is 1.00. The van der Waals surface area contributed by atoms with Crippen LogP contribution in [-0.4, -0.2) is 50.5 Å². The number of rotatable bonds is 2. The maximum absolute atomic E-state index is 5.31. The summed E-state index contributed by atoms with van der Waals surface area (Å²) in [5, 5.41) is 0. The average molecular weight is 231 g/mol. The molecule has 0 amide bonds. The van der Waals surface area contributed by atoms with Crippen molar-refractivity contribution in [3.8, 4) is 0 Å². The highest BCUT2D eigenvalue weighted by molar-refractivity contribution is 4.82. The second-order valence-corrected chi connectivity index (χ2v) is 3.66. The zero-order valence-corrected chi connectivity index (χ0v) is 11.7. The van der Waals surface area contributed by atoms with Gasteiger partial charge in [-0.3, -0.25) is 4.90 Å². The molecule has 2 saturated heterocycles. The van der Waals surface area contributed by atoms with Crippen molar-refractivity contribution in [3.05, 3.63) is 0 Å². The van der Waals surface area contributed by atoms with Crippen LogP contribution in [-0.2, 0) is 9.47 Å². The Morgan fingerprint density at radius 2 is 1.50 bits per heavy atom. The van der Waals surface area contributed by atoms with Crippen LogP contribution in [0.5, 0.6) is 0 Å². The summed E-state index contributed by atoms with van der Waals surface area (Å²) in [7, 11) is 1.81. The fourth-order valence-corrected chi connectivity index (χ4v) is 1.91. The van der Waals surface area contributed by atoms with Gasteiger partial charge in [-0.05, 0) is 12.8 Å². The summed E-state index contributed by atoms with van der Waals surface area (Å²) in [4.78, 5) is 2.53. The number of piperidine rings is 1. The van der Waals surface area contributed by atoms with Crippen LogP contribution in [0.3, 0.4) is 0 Å². The van der Waals surface area contributed by atoms with Crippen molar-refractivity contribution in [1.29, 1.82) is 0 Å². The van der Waals surface area contributed by atoms with Crippen molar-refractivity contribution in [2.24, 2.45) is 0 Å². The van der Waals surface area contributed by atoms with E-state index in [-0.39, 0.29) is 0 Å². The molecular weight excluding hydrogens is 202 g/mol. The van der Waals surface area contributed by atoms with Crippen molar-refractivity contribution in [2.75, 3.05) is 33.4 Å². The van der Waals surface area contributed by atoms with Crippen molar-refractivity contribution < 1.29 is 9.47 Å². The highest BCUT2D eigenvalue weighted by atomic mass is 16.5. The standard InChI is InChI=1S/C9H17NO2.2C2H6/c1-11-9-2-4-10(5-3-9)8-6-12-7-8;2*1-2/h8-9H,2-7H2,1H3;2*1-2H3. The van der Waals surface area contributed by atoms with Crippen molar-refractivity contribution in [1.82, 2.24) is 4.90 Å². The van der Waals surface area contributed by atoms with Gasteiger partial charge in [0.05, 0.1) is 25.4 Å². The van der Waals surface area contributed by atoms with Crippen molar-refractivity contribution >= 4 is 0 Å². The lowest BCUT2D eigenvalue weighted by atomic mass is 10.0. The van der Waals surface area contributed by atoms with Gasteiger partial charge in [0.15, 0.2) is 0 Å². The number of hydrogen-bond acceptors (Lipinski definition) is 3. The fourth-order valence-electron chi connectivity index (χ4n) is 1.91. The third kappa shape index (κ3) is 4.81. The molecule has 3 heteroatoms. The normalized spacial score (nSPS) is 22.3. The molecule has 2 fully saturated rings. The second kappa shape index (κ2) is 10.1. The van der Waals surface area contributed by atoms with E-state index in [4.69, 9.17) is 9.47 Å². The summed E-state index contributed by atoms with van der Waals surface area (Å²) in [6, 6.07) is 0.711. The van der Waals surface area contributed by atoms with Gasteiger partial charge < -0.3 is 9.47 Å². The molecule has 0 bridgehead atoms. The van der Waals surface area contributed by atoms with Gasteiger partial charge in [-0.25, -0.2) is 0 Å². The van der Waals surface area contributed by atoms with Crippen LogP contribution >= 0.6 is 0 Å². The summed E-state index contributed by atoms with van der Waals surface area (Å²) >= 11 is 0. The summed E-state index contributed by atoms with van der Waals surface area (Å²) in [5.41, 5.74) is 0.